The number of methoxy groups -OCH3 is 1. The molecule has 0 saturated heterocycles. The van der Waals surface area contributed by atoms with Crippen LogP contribution < -0.4 is 14.8 Å². The average molecular weight is 435 g/mol. The number of fused-ring (bicyclic) bond motifs is 1. The van der Waals surface area contributed by atoms with E-state index in [0.717, 1.165) is 20.3 Å². The van der Waals surface area contributed by atoms with Gasteiger partial charge in [-0.1, -0.05) is 47.2 Å². The van der Waals surface area contributed by atoms with E-state index in [9.17, 15) is 4.79 Å². The normalized spacial score (nSPS) is 11.0. The van der Waals surface area contributed by atoms with Gasteiger partial charge in [0.2, 0.25) is 0 Å². The van der Waals surface area contributed by atoms with E-state index in [-0.39, 0.29) is 12.5 Å². The van der Waals surface area contributed by atoms with Crippen LogP contribution in [-0.2, 0) is 4.79 Å². The molecule has 0 spiro atoms. The van der Waals surface area contributed by atoms with E-state index in [1.807, 2.05) is 36.4 Å². The summed E-state index contributed by atoms with van der Waals surface area (Å²) in [5, 5.41) is 3.32. The molecule has 0 radical (unpaired) electrons. The standard InChI is InChI=1S/C19H19BrN2O3S/c1-11(2)13-9-12(20)7-8-14(13)25-10-17(23)21-19-22-18-15(24-3)5-4-6-16(18)26-19/h4-9,11H,10H2,1-3H3,(H,21,22,23). The molecule has 1 aromatic heterocycles. The first-order chi connectivity index (χ1) is 12.5. The summed E-state index contributed by atoms with van der Waals surface area (Å²) in [7, 11) is 1.60. The SMILES string of the molecule is COc1cccc2sc(NC(=O)COc3ccc(Br)cc3C(C)C)nc12. The Morgan fingerprint density at radius 1 is 1.27 bits per heavy atom. The second kappa shape index (κ2) is 8.05. The number of benzene rings is 2. The monoisotopic (exact) mass is 434 g/mol. The molecule has 136 valence electrons. The number of hydrogen-bond donors (Lipinski definition) is 1. The van der Waals surface area contributed by atoms with E-state index < -0.39 is 0 Å². The van der Waals surface area contributed by atoms with E-state index in [1.165, 1.54) is 11.3 Å². The molecule has 0 bridgehead atoms. The third-order valence-electron chi connectivity index (χ3n) is 3.80. The Bertz CT molecular complexity index is 940. The summed E-state index contributed by atoms with van der Waals surface area (Å²) < 4.78 is 13.0. The summed E-state index contributed by atoms with van der Waals surface area (Å²) in [5.41, 5.74) is 1.79. The number of carbonyl (C=O) groups excluding carboxylic acids is 1. The number of anilines is 1. The van der Waals surface area contributed by atoms with Gasteiger partial charge in [0.1, 0.15) is 17.0 Å². The van der Waals surface area contributed by atoms with Gasteiger partial charge in [-0.15, -0.1) is 0 Å². The summed E-state index contributed by atoms with van der Waals surface area (Å²) in [6, 6.07) is 11.5. The van der Waals surface area contributed by atoms with E-state index in [4.69, 9.17) is 9.47 Å². The Hall–Kier alpha value is -2.12. The minimum absolute atomic E-state index is 0.0750. The maximum atomic E-state index is 12.3. The number of thiazole rings is 1. The largest absolute Gasteiger partial charge is 0.494 e. The van der Waals surface area contributed by atoms with E-state index >= 15 is 0 Å². The number of amides is 1. The van der Waals surface area contributed by atoms with Gasteiger partial charge < -0.3 is 9.47 Å². The van der Waals surface area contributed by atoms with Gasteiger partial charge in [0.25, 0.3) is 5.91 Å². The Morgan fingerprint density at radius 3 is 2.81 bits per heavy atom. The zero-order chi connectivity index (χ0) is 18.7. The molecule has 26 heavy (non-hydrogen) atoms. The van der Waals surface area contributed by atoms with Crippen molar-refractivity contribution in [3.05, 3.63) is 46.4 Å². The van der Waals surface area contributed by atoms with Crippen LogP contribution in [0, 0.1) is 0 Å². The number of nitrogens with zero attached hydrogens (tertiary/aromatic N) is 1. The summed E-state index contributed by atoms with van der Waals surface area (Å²) in [5.74, 6) is 1.44. The molecule has 0 aliphatic carbocycles. The fourth-order valence-corrected chi connectivity index (χ4v) is 3.82. The Labute approximate surface area is 164 Å². The number of hydrogen-bond acceptors (Lipinski definition) is 5. The second-order valence-electron chi connectivity index (χ2n) is 6.00. The molecule has 1 N–H and O–H groups in total. The highest BCUT2D eigenvalue weighted by molar-refractivity contribution is 9.10. The van der Waals surface area contributed by atoms with Crippen LogP contribution in [0.3, 0.4) is 0 Å². The van der Waals surface area contributed by atoms with Crippen molar-refractivity contribution in [3.63, 3.8) is 0 Å². The zero-order valence-electron chi connectivity index (χ0n) is 14.7. The lowest BCUT2D eigenvalue weighted by atomic mass is 10.0. The summed E-state index contributed by atoms with van der Waals surface area (Å²) in [6.45, 7) is 4.10. The number of rotatable bonds is 6. The molecule has 0 unspecified atom stereocenters. The molecule has 3 aromatic rings. The fourth-order valence-electron chi connectivity index (χ4n) is 2.54. The fraction of sp³-hybridized carbons (Fsp3) is 0.263. The molecule has 2 aromatic carbocycles. The highest BCUT2D eigenvalue weighted by Crippen LogP contribution is 2.32. The number of aromatic nitrogens is 1. The lowest BCUT2D eigenvalue weighted by Crippen LogP contribution is -2.20. The molecule has 0 saturated carbocycles. The van der Waals surface area contributed by atoms with Gasteiger partial charge in [-0.25, -0.2) is 4.98 Å². The maximum Gasteiger partial charge on any atom is 0.264 e. The highest BCUT2D eigenvalue weighted by Gasteiger charge is 2.13. The highest BCUT2D eigenvalue weighted by atomic mass is 79.9. The number of ether oxygens (including phenoxy) is 2. The van der Waals surface area contributed by atoms with Gasteiger partial charge in [0.05, 0.1) is 11.8 Å². The first kappa shape index (κ1) is 18.7. The average Bonchev–Trinajstić information content (AvgIpc) is 3.02. The second-order valence-corrected chi connectivity index (χ2v) is 7.95. The van der Waals surface area contributed by atoms with E-state index in [0.29, 0.717) is 22.5 Å². The summed E-state index contributed by atoms with van der Waals surface area (Å²) in [6.07, 6.45) is 0. The van der Waals surface area contributed by atoms with Gasteiger partial charge in [0.15, 0.2) is 11.7 Å². The number of nitrogens with one attached hydrogen (secondary N) is 1. The van der Waals surface area contributed by atoms with Crippen LogP contribution in [-0.4, -0.2) is 24.6 Å². The van der Waals surface area contributed by atoms with E-state index in [2.05, 4.69) is 40.1 Å². The third-order valence-corrected chi connectivity index (χ3v) is 5.23. The van der Waals surface area contributed by atoms with Crippen molar-refractivity contribution in [3.8, 4) is 11.5 Å². The predicted octanol–water partition coefficient (Wildman–Crippen LogP) is 5.21. The first-order valence-electron chi connectivity index (χ1n) is 8.13. The molecule has 7 heteroatoms. The molecule has 1 heterocycles. The predicted molar refractivity (Wildman–Crippen MR) is 109 cm³/mol. The van der Waals surface area contributed by atoms with Crippen LogP contribution in [0.2, 0.25) is 0 Å². The van der Waals surface area contributed by atoms with Crippen LogP contribution in [0.4, 0.5) is 5.13 Å². The molecule has 1 amide bonds. The maximum absolute atomic E-state index is 12.3. The third kappa shape index (κ3) is 4.16. The van der Waals surface area contributed by atoms with Crippen molar-refractivity contribution < 1.29 is 14.3 Å². The van der Waals surface area contributed by atoms with Crippen molar-refractivity contribution in [2.24, 2.45) is 0 Å². The van der Waals surface area contributed by atoms with Crippen LogP contribution in [0.1, 0.15) is 25.3 Å². The lowest BCUT2D eigenvalue weighted by molar-refractivity contribution is -0.118. The van der Waals surface area contributed by atoms with Crippen LogP contribution in [0.15, 0.2) is 40.9 Å². The van der Waals surface area contributed by atoms with Crippen LogP contribution in [0.5, 0.6) is 11.5 Å². The quantitative estimate of drug-likeness (QED) is 0.578. The lowest BCUT2D eigenvalue weighted by Gasteiger charge is -2.14. The van der Waals surface area contributed by atoms with Crippen molar-refractivity contribution in [2.45, 2.75) is 19.8 Å². The van der Waals surface area contributed by atoms with Crippen molar-refractivity contribution >= 4 is 48.5 Å². The Kier molecular flexibility index (Phi) is 5.78. The number of para-hydroxylation sites is 1. The summed E-state index contributed by atoms with van der Waals surface area (Å²) >= 11 is 4.87. The molecule has 0 fully saturated rings. The minimum Gasteiger partial charge on any atom is -0.494 e. The Balaban J connectivity index is 1.68. The number of halogens is 1. The van der Waals surface area contributed by atoms with Crippen LogP contribution in [0.25, 0.3) is 10.2 Å². The van der Waals surface area contributed by atoms with Gasteiger partial charge >= 0.3 is 0 Å². The van der Waals surface area contributed by atoms with Gasteiger partial charge in [0, 0.05) is 4.47 Å². The molecule has 0 aliphatic rings. The topological polar surface area (TPSA) is 60.5 Å². The molecular weight excluding hydrogens is 416 g/mol. The molecule has 3 rings (SSSR count). The van der Waals surface area contributed by atoms with Gasteiger partial charge in [-0.05, 0) is 41.8 Å². The van der Waals surface area contributed by atoms with Crippen LogP contribution >= 0.6 is 27.3 Å². The first-order valence-corrected chi connectivity index (χ1v) is 9.74. The van der Waals surface area contributed by atoms with Crippen molar-refractivity contribution in [2.75, 3.05) is 19.0 Å². The number of carbonyl (C=O) groups is 1. The molecule has 0 aliphatic heterocycles. The zero-order valence-corrected chi connectivity index (χ0v) is 17.1. The van der Waals surface area contributed by atoms with Crippen molar-refractivity contribution in [1.29, 1.82) is 0 Å². The smallest absolute Gasteiger partial charge is 0.264 e. The molecular formula is C19H19BrN2O3S. The molecule has 5 nitrogen and oxygen atoms in total. The minimum atomic E-state index is -0.249. The molecule has 0 atom stereocenters. The van der Waals surface area contributed by atoms with Gasteiger partial charge in [-0.2, -0.15) is 0 Å². The van der Waals surface area contributed by atoms with E-state index in [1.54, 1.807) is 7.11 Å². The summed E-state index contributed by atoms with van der Waals surface area (Å²) in [4.78, 5) is 16.7. The Morgan fingerprint density at radius 2 is 2.08 bits per heavy atom. The van der Waals surface area contributed by atoms with Gasteiger partial charge in [-0.3, -0.25) is 10.1 Å². The van der Waals surface area contributed by atoms with Crippen molar-refractivity contribution in [1.82, 2.24) is 4.98 Å².